The van der Waals surface area contributed by atoms with Crippen LogP contribution in [0.25, 0.3) is 0 Å². The highest BCUT2D eigenvalue weighted by Crippen LogP contribution is 2.40. The molecule has 26 nitrogen and oxygen atoms in total. The van der Waals surface area contributed by atoms with Crippen LogP contribution >= 0.6 is 0 Å². The van der Waals surface area contributed by atoms with E-state index in [4.69, 9.17) is 9.47 Å². The maximum Gasteiger partial charge on any atom is 0.419 e. The minimum Gasteiger partial charge on any atom is -0.496 e. The number of likely N-dealkylation sites (N-methyl/N-ethyl adjacent to an activating group) is 7. The SMILES string of the molecule is CCO[C@@H]1C[C@H]2C(=O)NC3(CCC3)C(=O)N(C)[C@@H](C3CCCC3)C(=O)N(C)[C@H](C(=O)N(C)C)CC(=O)N(C)[C@@H](CC)C(=O)N[C@@H]([C@@H](C)CC)C(=O)N(C)CC(=O)N(C)[C@H]3C/C=C\CCN(C3=O)[C@@H](Cc3ccc(C(F)(F)F)cc3)C(=O)N(C)CC(=O)N[C@@H](CCc3ccc(C(F)(F)F)c(OC)c3)C(=O)N2C1. The largest absolute Gasteiger partial charge is 0.496 e. The first-order valence-electron chi connectivity index (χ1n) is 36.3. The predicted octanol–water partition coefficient (Wildman–Crippen LogP) is 4.83. The van der Waals surface area contributed by atoms with Crippen molar-refractivity contribution in [3.8, 4) is 5.75 Å². The summed E-state index contributed by atoms with van der Waals surface area (Å²) >= 11 is 0. The molecule has 0 aromatic heterocycles. The van der Waals surface area contributed by atoms with Crippen LogP contribution in [0.3, 0.4) is 0 Å². The Morgan fingerprint density at radius 2 is 1.32 bits per heavy atom. The van der Waals surface area contributed by atoms with E-state index < -0.39 is 198 Å². The Balaban J connectivity index is 1.34. The number of halogens is 6. The molecule has 2 bridgehead atoms. The standard InChI is InChI=1S/C74H104F6N12O14/c1-14-44(4)61-69(102)86(8)43-60(95)88(10)53-25-18-17-21-36-91(68(53)101)56(37-45-26-30-48(31-27-45)73(75,76)77)67(100)85(7)42-58(93)81-51(33-29-46-28-32-50(74(78,79)80)57(38-46)105-13)65(98)92-41-49(106-16-3)39-54(92)64(97)83-72(34-22-35-72)71(104)90(12)62(47-23-19-20-24-47)70(103)89(11)55(66(99)84(5)6)40-59(94)87(9)52(15-2)63(96)82-61/h17-18,26-28,30-32,38,44,47,49,51-56,61-62H,14-16,19-25,29,33-37,39-43H2,1-13H3,(H,81,93)(H,82,96)(H,83,97)/b18-17-/t44-,49+,51-,52-,53-,54-,55-,56-,61-,62-/m0/s1. The van der Waals surface area contributed by atoms with Gasteiger partial charge in [0.15, 0.2) is 0 Å². The van der Waals surface area contributed by atoms with Crippen LogP contribution in [0.15, 0.2) is 54.6 Å². The van der Waals surface area contributed by atoms with E-state index in [1.54, 1.807) is 39.8 Å². The number of aryl methyl sites for hydroxylation is 1. The van der Waals surface area contributed by atoms with Crippen molar-refractivity contribution in [3.63, 3.8) is 0 Å². The Kier molecular flexibility index (Phi) is 28.8. The normalized spacial score (nSPS) is 26.3. The molecule has 5 aliphatic rings. The highest BCUT2D eigenvalue weighted by molar-refractivity contribution is 6.01. The van der Waals surface area contributed by atoms with Gasteiger partial charge in [0.25, 0.3) is 0 Å². The van der Waals surface area contributed by atoms with Crippen LogP contribution in [-0.4, -0.2) is 271 Å². The molecule has 2 aromatic rings. The number of methoxy groups -OCH3 is 1. The molecule has 3 heterocycles. The van der Waals surface area contributed by atoms with Crippen molar-refractivity contribution in [3.05, 3.63) is 76.9 Å². The summed E-state index contributed by atoms with van der Waals surface area (Å²) in [7, 11) is 11.9. The van der Waals surface area contributed by atoms with Crippen molar-refractivity contribution in [1.29, 1.82) is 0 Å². The van der Waals surface area contributed by atoms with Crippen LogP contribution in [0, 0.1) is 11.8 Å². The van der Waals surface area contributed by atoms with E-state index in [9.17, 15) is 55.1 Å². The zero-order valence-electron chi connectivity index (χ0n) is 62.9. The fourth-order valence-corrected chi connectivity index (χ4v) is 14.9. The van der Waals surface area contributed by atoms with Gasteiger partial charge in [0, 0.05) is 88.9 Å². The number of amides is 12. The van der Waals surface area contributed by atoms with Crippen molar-refractivity contribution in [2.45, 2.75) is 203 Å². The summed E-state index contributed by atoms with van der Waals surface area (Å²) in [5.74, 6) is -11.0. The molecular weight excluding hydrogens is 1390 g/mol. The fourth-order valence-electron chi connectivity index (χ4n) is 14.9. The zero-order chi connectivity index (χ0) is 78.6. The van der Waals surface area contributed by atoms with Gasteiger partial charge in [-0.3, -0.25) is 57.5 Å². The van der Waals surface area contributed by atoms with Crippen molar-refractivity contribution < 1.29 is 93.4 Å². The van der Waals surface area contributed by atoms with Crippen LogP contribution in [0.1, 0.15) is 140 Å². The summed E-state index contributed by atoms with van der Waals surface area (Å²) in [6.45, 7) is 4.95. The van der Waals surface area contributed by atoms with Gasteiger partial charge in [0.2, 0.25) is 70.9 Å². The average Bonchev–Trinajstić information content (AvgIpc) is 1.15. The fraction of sp³-hybridized carbons (Fsp3) is 0.649. The number of hydrogen-bond acceptors (Lipinski definition) is 14. The Hall–Kier alpha value is -8.84. The predicted molar refractivity (Wildman–Crippen MR) is 376 cm³/mol. The topological polar surface area (TPSA) is 289 Å². The molecule has 0 radical (unpaired) electrons. The summed E-state index contributed by atoms with van der Waals surface area (Å²) < 4.78 is 95.5. The lowest BCUT2D eigenvalue weighted by Gasteiger charge is -2.46. The zero-order valence-corrected chi connectivity index (χ0v) is 62.9. The number of carbonyl (C=O) groups is 12. The lowest BCUT2D eigenvalue weighted by Crippen LogP contribution is -2.68. The first kappa shape index (κ1) is 84.4. The van der Waals surface area contributed by atoms with E-state index in [-0.39, 0.29) is 82.2 Å². The number of fused-ring (bicyclic) bond motifs is 3. The Labute approximate surface area is 615 Å². The Morgan fingerprint density at radius 1 is 0.679 bits per heavy atom. The van der Waals surface area contributed by atoms with Crippen LogP contribution < -0.4 is 20.7 Å². The lowest BCUT2D eigenvalue weighted by molar-refractivity contribution is -0.157. The van der Waals surface area contributed by atoms with Crippen molar-refractivity contribution in [2.75, 3.05) is 96.3 Å². The van der Waals surface area contributed by atoms with E-state index in [0.29, 0.717) is 38.5 Å². The minimum atomic E-state index is -4.82. The number of ether oxygens (including phenoxy) is 2. The molecule has 1 spiro atoms. The van der Waals surface area contributed by atoms with Gasteiger partial charge in [0.1, 0.15) is 59.6 Å². The second-order valence-corrected chi connectivity index (χ2v) is 28.9. The van der Waals surface area contributed by atoms with Crippen molar-refractivity contribution in [1.82, 2.24) is 60.0 Å². The molecule has 2 saturated heterocycles. The quantitative estimate of drug-likeness (QED) is 0.179. The highest BCUT2D eigenvalue weighted by atomic mass is 19.4. The van der Waals surface area contributed by atoms with E-state index >= 15 is 28.8 Å². The molecule has 3 aliphatic heterocycles. The van der Waals surface area contributed by atoms with Gasteiger partial charge in [-0.2, -0.15) is 26.3 Å². The average molecular weight is 1500 g/mol. The molecule has 7 rings (SSSR count). The number of benzene rings is 2. The number of hydrogen-bond donors (Lipinski definition) is 3. The van der Waals surface area contributed by atoms with Gasteiger partial charge >= 0.3 is 12.4 Å². The van der Waals surface area contributed by atoms with E-state index in [2.05, 4.69) is 16.0 Å². The molecule has 2 saturated carbocycles. The van der Waals surface area contributed by atoms with Gasteiger partial charge in [-0.15, -0.1) is 0 Å². The molecule has 2 aliphatic carbocycles. The molecule has 586 valence electrons. The Morgan fingerprint density at radius 3 is 1.90 bits per heavy atom. The molecule has 2 aromatic carbocycles. The van der Waals surface area contributed by atoms with E-state index in [1.807, 2.05) is 0 Å². The second-order valence-electron chi connectivity index (χ2n) is 28.9. The molecular formula is C74H104F6N12O14. The maximum absolute atomic E-state index is 15.5. The Bertz CT molecular complexity index is 3570. The molecule has 0 unspecified atom stereocenters. The van der Waals surface area contributed by atoms with E-state index in [0.717, 1.165) is 72.9 Å². The molecule has 4 fully saturated rings. The summed E-state index contributed by atoms with van der Waals surface area (Å²) in [4.78, 5) is 190. The number of nitrogens with zero attached hydrogens (tertiary/aromatic N) is 9. The summed E-state index contributed by atoms with van der Waals surface area (Å²) in [5.41, 5.74) is -3.38. The lowest BCUT2D eigenvalue weighted by atomic mass is 9.74. The van der Waals surface area contributed by atoms with Gasteiger partial charge in [-0.25, -0.2) is 0 Å². The minimum absolute atomic E-state index is 0.00160. The van der Waals surface area contributed by atoms with Crippen molar-refractivity contribution in [2.24, 2.45) is 11.8 Å². The molecule has 12 amide bonds. The van der Waals surface area contributed by atoms with Crippen LogP contribution in [0.4, 0.5) is 26.3 Å². The highest BCUT2D eigenvalue weighted by Gasteiger charge is 2.54. The third-order valence-corrected chi connectivity index (χ3v) is 21.6. The maximum atomic E-state index is 15.5. The van der Waals surface area contributed by atoms with Crippen LogP contribution in [-0.2, 0) is 87.5 Å². The van der Waals surface area contributed by atoms with Crippen molar-refractivity contribution >= 4 is 70.9 Å². The number of carbonyl (C=O) groups excluding carboxylic acids is 12. The van der Waals surface area contributed by atoms with Gasteiger partial charge in [-0.05, 0) is 118 Å². The van der Waals surface area contributed by atoms with Crippen LogP contribution in [0.5, 0.6) is 5.75 Å². The third kappa shape index (κ3) is 19.9. The molecule has 32 heteroatoms. The smallest absolute Gasteiger partial charge is 0.419 e. The summed E-state index contributed by atoms with van der Waals surface area (Å²) in [6.07, 6.45) is -5.45. The number of rotatable bonds is 13. The van der Waals surface area contributed by atoms with E-state index in [1.165, 1.54) is 77.1 Å². The second kappa shape index (κ2) is 36.2. The van der Waals surface area contributed by atoms with Gasteiger partial charge < -0.3 is 69.5 Å². The monoisotopic (exact) mass is 1500 g/mol. The summed E-state index contributed by atoms with van der Waals surface area (Å²) in [6, 6.07) is -4.35. The number of alkyl halides is 6. The third-order valence-electron chi connectivity index (χ3n) is 21.6. The molecule has 3 N–H and O–H groups in total. The van der Waals surface area contributed by atoms with Gasteiger partial charge in [0.05, 0.1) is 43.9 Å². The van der Waals surface area contributed by atoms with Crippen LogP contribution in [0.2, 0.25) is 0 Å². The first-order valence-corrected chi connectivity index (χ1v) is 36.3. The molecule has 10 atom stereocenters. The van der Waals surface area contributed by atoms with Gasteiger partial charge in [-0.1, -0.05) is 70.4 Å². The first-order chi connectivity index (χ1) is 49.8. The molecule has 106 heavy (non-hydrogen) atoms. The summed E-state index contributed by atoms with van der Waals surface area (Å²) in [5, 5.41) is 8.44. The number of nitrogens with one attached hydrogen (secondary N) is 3.